The van der Waals surface area contributed by atoms with Crippen LogP contribution >= 0.6 is 0 Å². The van der Waals surface area contributed by atoms with Gasteiger partial charge >= 0.3 is 0 Å². The number of aryl methyl sites for hydroxylation is 1. The number of para-hydroxylation sites is 1. The summed E-state index contributed by atoms with van der Waals surface area (Å²) in [4.78, 5) is 0. The molecule has 3 aliphatic rings. The van der Waals surface area contributed by atoms with E-state index in [0.717, 1.165) is 37.2 Å². The summed E-state index contributed by atoms with van der Waals surface area (Å²) in [5, 5.41) is 0. The molecule has 0 atom stereocenters. The summed E-state index contributed by atoms with van der Waals surface area (Å²) in [5.41, 5.74) is 8.04. The summed E-state index contributed by atoms with van der Waals surface area (Å²) in [5.74, 6) is 2.00. The number of allylic oxidation sites excluding steroid dienone is 4. The Kier molecular flexibility index (Phi) is 3.19. The average molecular weight is 312 g/mol. The van der Waals surface area contributed by atoms with E-state index in [2.05, 4.69) is 60.7 Å². The molecule has 0 saturated heterocycles. The van der Waals surface area contributed by atoms with Crippen molar-refractivity contribution in [3.8, 4) is 5.75 Å². The molecular formula is C23H20O. The second kappa shape index (κ2) is 5.52. The lowest BCUT2D eigenvalue weighted by Gasteiger charge is -2.28. The quantitative estimate of drug-likeness (QED) is 0.587. The van der Waals surface area contributed by atoms with Gasteiger partial charge in [0.1, 0.15) is 11.5 Å². The van der Waals surface area contributed by atoms with E-state index in [0.29, 0.717) is 0 Å². The first kappa shape index (κ1) is 13.9. The molecule has 0 fully saturated rings. The highest BCUT2D eigenvalue weighted by atomic mass is 16.5. The summed E-state index contributed by atoms with van der Waals surface area (Å²) >= 11 is 0. The van der Waals surface area contributed by atoms with Crippen molar-refractivity contribution in [2.75, 3.05) is 0 Å². The van der Waals surface area contributed by atoms with Gasteiger partial charge in [-0.15, -0.1) is 0 Å². The molecule has 0 N–H and O–H groups in total. The van der Waals surface area contributed by atoms with Crippen LogP contribution in [0.4, 0.5) is 0 Å². The highest BCUT2D eigenvalue weighted by molar-refractivity contribution is 5.95. The Bertz CT molecular complexity index is 911. The summed E-state index contributed by atoms with van der Waals surface area (Å²) < 4.78 is 6.43. The van der Waals surface area contributed by atoms with Gasteiger partial charge < -0.3 is 4.74 Å². The predicted molar refractivity (Wildman–Crippen MR) is 98.8 cm³/mol. The molecule has 0 spiro atoms. The fourth-order valence-corrected chi connectivity index (χ4v) is 4.11. The molecule has 1 aliphatic heterocycles. The Labute approximate surface area is 143 Å². The zero-order valence-electron chi connectivity index (χ0n) is 13.7. The number of hydrogen-bond acceptors (Lipinski definition) is 1. The molecule has 0 radical (unpaired) electrons. The number of rotatable bonds is 0. The molecule has 2 aliphatic carbocycles. The first-order valence-electron chi connectivity index (χ1n) is 8.92. The van der Waals surface area contributed by atoms with Crippen LogP contribution in [0.25, 0.3) is 11.1 Å². The van der Waals surface area contributed by atoms with Crippen molar-refractivity contribution in [1.82, 2.24) is 0 Å². The molecule has 0 aromatic heterocycles. The second-order valence-corrected chi connectivity index (χ2v) is 6.71. The third-order valence-electron chi connectivity index (χ3n) is 5.22. The summed E-state index contributed by atoms with van der Waals surface area (Å²) in [7, 11) is 0. The van der Waals surface area contributed by atoms with Crippen LogP contribution in [-0.2, 0) is 6.42 Å². The first-order chi connectivity index (χ1) is 11.9. The molecule has 5 rings (SSSR count). The van der Waals surface area contributed by atoms with E-state index in [1.807, 2.05) is 0 Å². The van der Waals surface area contributed by atoms with Crippen molar-refractivity contribution < 1.29 is 4.74 Å². The Morgan fingerprint density at radius 1 is 0.708 bits per heavy atom. The van der Waals surface area contributed by atoms with Gasteiger partial charge in [-0.05, 0) is 66.5 Å². The van der Waals surface area contributed by atoms with Gasteiger partial charge in [0, 0.05) is 11.1 Å². The zero-order valence-corrected chi connectivity index (χ0v) is 13.7. The van der Waals surface area contributed by atoms with Gasteiger partial charge in [0.05, 0.1) is 0 Å². The number of benzene rings is 2. The molecule has 0 unspecified atom stereocenters. The Balaban J connectivity index is 1.87. The van der Waals surface area contributed by atoms with Crippen molar-refractivity contribution in [3.05, 3.63) is 88.7 Å². The Morgan fingerprint density at radius 3 is 2.54 bits per heavy atom. The van der Waals surface area contributed by atoms with Gasteiger partial charge in [0.2, 0.25) is 0 Å². The Morgan fingerprint density at radius 2 is 1.54 bits per heavy atom. The van der Waals surface area contributed by atoms with Crippen LogP contribution in [0, 0.1) is 0 Å². The summed E-state index contributed by atoms with van der Waals surface area (Å²) in [6, 6.07) is 15.2. The third kappa shape index (κ3) is 2.08. The monoisotopic (exact) mass is 312 g/mol. The average Bonchev–Trinajstić information content (AvgIpc) is 2.85. The molecule has 0 amide bonds. The molecule has 1 nitrogen and oxygen atoms in total. The molecule has 2 aromatic carbocycles. The maximum Gasteiger partial charge on any atom is 0.135 e. The highest BCUT2D eigenvalue weighted by Gasteiger charge is 2.26. The van der Waals surface area contributed by atoms with Gasteiger partial charge in [0.15, 0.2) is 0 Å². The van der Waals surface area contributed by atoms with Crippen molar-refractivity contribution in [1.29, 1.82) is 0 Å². The van der Waals surface area contributed by atoms with Crippen LogP contribution in [0.3, 0.4) is 0 Å². The van der Waals surface area contributed by atoms with E-state index >= 15 is 0 Å². The normalized spacial score (nSPS) is 18.2. The van der Waals surface area contributed by atoms with Crippen LogP contribution in [-0.4, -0.2) is 0 Å². The number of fused-ring (bicyclic) bond motifs is 4. The van der Waals surface area contributed by atoms with Gasteiger partial charge in [-0.25, -0.2) is 0 Å². The van der Waals surface area contributed by atoms with Crippen molar-refractivity contribution in [2.24, 2.45) is 0 Å². The smallest absolute Gasteiger partial charge is 0.135 e. The third-order valence-corrected chi connectivity index (χ3v) is 5.22. The van der Waals surface area contributed by atoms with Crippen LogP contribution in [0.2, 0.25) is 0 Å². The zero-order chi connectivity index (χ0) is 15.9. The van der Waals surface area contributed by atoms with Crippen LogP contribution in [0.1, 0.15) is 47.9 Å². The fraction of sp³-hybridized carbons (Fsp3) is 0.217. The maximum absolute atomic E-state index is 6.43. The molecular weight excluding hydrogens is 292 g/mol. The van der Waals surface area contributed by atoms with E-state index in [9.17, 15) is 0 Å². The van der Waals surface area contributed by atoms with Crippen LogP contribution in [0.5, 0.6) is 5.75 Å². The molecule has 1 heteroatoms. The fourth-order valence-electron chi connectivity index (χ4n) is 4.11. The molecule has 1 heterocycles. The van der Waals surface area contributed by atoms with Gasteiger partial charge in [-0.2, -0.15) is 0 Å². The van der Waals surface area contributed by atoms with E-state index in [-0.39, 0.29) is 0 Å². The lowest BCUT2D eigenvalue weighted by molar-refractivity contribution is 0.445. The lowest BCUT2D eigenvalue weighted by atomic mass is 9.80. The number of hydrogen-bond donors (Lipinski definition) is 0. The maximum atomic E-state index is 6.43. The predicted octanol–water partition coefficient (Wildman–Crippen LogP) is 5.91. The molecule has 24 heavy (non-hydrogen) atoms. The van der Waals surface area contributed by atoms with Gasteiger partial charge in [-0.3, -0.25) is 0 Å². The topological polar surface area (TPSA) is 9.23 Å². The number of ether oxygens (including phenoxy) is 1. The Hall–Kier alpha value is -2.54. The minimum Gasteiger partial charge on any atom is -0.456 e. The van der Waals surface area contributed by atoms with E-state index in [1.54, 1.807) is 0 Å². The van der Waals surface area contributed by atoms with Crippen molar-refractivity contribution in [2.45, 2.75) is 32.1 Å². The highest BCUT2D eigenvalue weighted by Crippen LogP contribution is 2.45. The van der Waals surface area contributed by atoms with E-state index in [1.165, 1.54) is 39.8 Å². The van der Waals surface area contributed by atoms with Gasteiger partial charge in [-0.1, -0.05) is 48.6 Å². The molecule has 118 valence electrons. The van der Waals surface area contributed by atoms with Crippen LogP contribution < -0.4 is 4.74 Å². The first-order valence-corrected chi connectivity index (χ1v) is 8.92. The largest absolute Gasteiger partial charge is 0.456 e. The SMILES string of the molecule is C1=C2Oc3ccccc3C3=CCCc4cccc(c43)C2=CCCC1. The molecule has 2 aromatic rings. The molecule has 0 saturated carbocycles. The minimum atomic E-state index is 0.977. The molecule has 0 bridgehead atoms. The minimum absolute atomic E-state index is 0.977. The van der Waals surface area contributed by atoms with Crippen molar-refractivity contribution >= 4 is 11.1 Å². The standard InChI is InChI=1S/C23H20O/c1-2-10-17-19-12-6-8-16-9-7-13-20(23(16)19)18-11-4-5-15-22(18)24-21(17)14-3-1/h4-6,8,10-15H,1-3,7,9H2. The van der Waals surface area contributed by atoms with Crippen molar-refractivity contribution in [3.63, 3.8) is 0 Å². The van der Waals surface area contributed by atoms with E-state index in [4.69, 9.17) is 4.74 Å². The lowest BCUT2D eigenvalue weighted by Crippen LogP contribution is -2.11. The summed E-state index contributed by atoms with van der Waals surface area (Å²) in [6.07, 6.45) is 12.6. The van der Waals surface area contributed by atoms with Gasteiger partial charge in [0.25, 0.3) is 0 Å². The van der Waals surface area contributed by atoms with E-state index < -0.39 is 0 Å². The second-order valence-electron chi connectivity index (χ2n) is 6.71. The summed E-state index contributed by atoms with van der Waals surface area (Å²) in [6.45, 7) is 0. The van der Waals surface area contributed by atoms with Crippen LogP contribution in [0.15, 0.2) is 66.5 Å².